The number of ether oxygens (including phenoxy) is 2. The summed E-state index contributed by atoms with van der Waals surface area (Å²) in [6, 6.07) is 7.26. The van der Waals surface area contributed by atoms with Crippen LogP contribution in [0.2, 0.25) is 0 Å². The van der Waals surface area contributed by atoms with Crippen molar-refractivity contribution >= 4 is 5.97 Å². The molecule has 118 valence electrons. The second-order valence-electron chi connectivity index (χ2n) is 5.39. The van der Waals surface area contributed by atoms with E-state index in [1.165, 1.54) is 0 Å². The molecule has 0 aliphatic rings. The van der Waals surface area contributed by atoms with E-state index in [0.29, 0.717) is 24.5 Å². The van der Waals surface area contributed by atoms with E-state index in [2.05, 4.69) is 0 Å². The molecule has 0 spiro atoms. The molecular weight excluding hydrogens is 268 g/mol. The quantitative estimate of drug-likeness (QED) is 0.747. The van der Waals surface area contributed by atoms with Gasteiger partial charge in [-0.2, -0.15) is 0 Å². The largest absolute Gasteiger partial charge is 0.494 e. The molecule has 1 rings (SSSR count). The van der Waals surface area contributed by atoms with Crippen LogP contribution in [0.3, 0.4) is 0 Å². The van der Waals surface area contributed by atoms with Crippen LogP contribution in [0.1, 0.15) is 45.8 Å². The van der Waals surface area contributed by atoms with Crippen LogP contribution in [0.4, 0.5) is 0 Å². The van der Waals surface area contributed by atoms with E-state index in [9.17, 15) is 9.90 Å². The van der Waals surface area contributed by atoms with E-state index in [1.807, 2.05) is 32.9 Å². The van der Waals surface area contributed by atoms with Gasteiger partial charge in [0.05, 0.1) is 25.2 Å². The first kappa shape index (κ1) is 17.5. The van der Waals surface area contributed by atoms with Crippen LogP contribution in [0, 0.1) is 11.8 Å². The molecule has 0 bridgehead atoms. The lowest BCUT2D eigenvalue weighted by atomic mass is 9.86. The van der Waals surface area contributed by atoms with Crippen LogP contribution < -0.4 is 4.74 Å². The standard InChI is InChI=1S/C17H26O4/c1-5-10-21-14-9-7-8-13(11-14)16(18)15(12(3)4)17(19)20-6-2/h7-9,11-12,15-16,18H,5-6,10H2,1-4H3. The van der Waals surface area contributed by atoms with Crippen molar-refractivity contribution in [2.24, 2.45) is 11.8 Å². The maximum atomic E-state index is 12.0. The monoisotopic (exact) mass is 294 g/mol. The number of carbonyl (C=O) groups is 1. The molecular formula is C17H26O4. The zero-order chi connectivity index (χ0) is 15.8. The number of benzene rings is 1. The summed E-state index contributed by atoms with van der Waals surface area (Å²) in [5.41, 5.74) is 0.676. The van der Waals surface area contributed by atoms with E-state index in [1.54, 1.807) is 19.1 Å². The summed E-state index contributed by atoms with van der Waals surface area (Å²) in [6.45, 7) is 8.55. The van der Waals surface area contributed by atoms with E-state index in [0.717, 1.165) is 6.42 Å². The predicted octanol–water partition coefficient (Wildman–Crippen LogP) is 3.34. The third-order valence-corrected chi connectivity index (χ3v) is 3.29. The molecule has 4 heteroatoms. The number of carbonyl (C=O) groups excluding carboxylic acids is 1. The van der Waals surface area contributed by atoms with Gasteiger partial charge in [0.25, 0.3) is 0 Å². The van der Waals surface area contributed by atoms with Gasteiger partial charge < -0.3 is 14.6 Å². The normalized spacial score (nSPS) is 13.8. The van der Waals surface area contributed by atoms with Gasteiger partial charge in [-0.3, -0.25) is 4.79 Å². The first-order valence-corrected chi connectivity index (χ1v) is 7.58. The first-order chi connectivity index (χ1) is 10.0. The molecule has 0 fully saturated rings. The van der Waals surface area contributed by atoms with Crippen molar-refractivity contribution in [3.05, 3.63) is 29.8 Å². The molecule has 21 heavy (non-hydrogen) atoms. The van der Waals surface area contributed by atoms with Crippen LogP contribution in [-0.4, -0.2) is 24.3 Å². The minimum atomic E-state index is -0.894. The highest BCUT2D eigenvalue weighted by atomic mass is 16.5. The summed E-state index contributed by atoms with van der Waals surface area (Å²) >= 11 is 0. The number of aliphatic hydroxyl groups is 1. The van der Waals surface area contributed by atoms with Crippen LogP contribution in [0.15, 0.2) is 24.3 Å². The third kappa shape index (κ3) is 5.05. The number of rotatable bonds is 8. The van der Waals surface area contributed by atoms with Gasteiger partial charge in [0.15, 0.2) is 0 Å². The molecule has 2 atom stereocenters. The molecule has 0 aliphatic carbocycles. The minimum Gasteiger partial charge on any atom is -0.494 e. The second kappa shape index (κ2) is 8.67. The Labute approximate surface area is 127 Å². The Morgan fingerprint density at radius 3 is 2.57 bits per heavy atom. The van der Waals surface area contributed by atoms with Gasteiger partial charge in [-0.1, -0.05) is 32.9 Å². The number of hydrogen-bond donors (Lipinski definition) is 1. The molecule has 0 radical (unpaired) electrons. The van der Waals surface area contributed by atoms with Gasteiger partial charge >= 0.3 is 5.97 Å². The van der Waals surface area contributed by atoms with Gasteiger partial charge in [-0.05, 0) is 37.0 Å². The molecule has 1 aromatic rings. The summed E-state index contributed by atoms with van der Waals surface area (Å²) < 4.78 is 10.6. The summed E-state index contributed by atoms with van der Waals surface area (Å²) in [6.07, 6.45) is 0.0266. The molecule has 2 unspecified atom stereocenters. The smallest absolute Gasteiger partial charge is 0.312 e. The third-order valence-electron chi connectivity index (χ3n) is 3.29. The van der Waals surface area contributed by atoms with E-state index in [4.69, 9.17) is 9.47 Å². The SMILES string of the molecule is CCCOc1cccc(C(O)C(C(=O)OCC)C(C)C)c1. The van der Waals surface area contributed by atoms with Crippen LogP contribution in [0.25, 0.3) is 0 Å². The van der Waals surface area contributed by atoms with E-state index < -0.39 is 12.0 Å². The summed E-state index contributed by atoms with van der Waals surface area (Å²) in [4.78, 5) is 12.0. The summed E-state index contributed by atoms with van der Waals surface area (Å²) in [5.74, 6) is -0.245. The van der Waals surface area contributed by atoms with Crippen molar-refractivity contribution in [2.45, 2.75) is 40.2 Å². The highest BCUT2D eigenvalue weighted by molar-refractivity contribution is 5.73. The zero-order valence-electron chi connectivity index (χ0n) is 13.3. The first-order valence-electron chi connectivity index (χ1n) is 7.58. The topological polar surface area (TPSA) is 55.8 Å². The predicted molar refractivity (Wildman–Crippen MR) is 82.1 cm³/mol. The van der Waals surface area contributed by atoms with Crippen molar-refractivity contribution in [3.8, 4) is 5.75 Å². The van der Waals surface area contributed by atoms with Gasteiger partial charge in [0, 0.05) is 0 Å². The Morgan fingerprint density at radius 1 is 1.29 bits per heavy atom. The Balaban J connectivity index is 2.92. The average molecular weight is 294 g/mol. The molecule has 0 amide bonds. The Kier molecular flexibility index (Phi) is 7.23. The zero-order valence-corrected chi connectivity index (χ0v) is 13.3. The highest BCUT2D eigenvalue weighted by Gasteiger charge is 2.32. The highest BCUT2D eigenvalue weighted by Crippen LogP contribution is 2.31. The lowest BCUT2D eigenvalue weighted by Gasteiger charge is -2.25. The summed E-state index contributed by atoms with van der Waals surface area (Å²) in [5, 5.41) is 10.5. The number of aliphatic hydroxyl groups excluding tert-OH is 1. The lowest BCUT2D eigenvalue weighted by Crippen LogP contribution is -2.29. The number of hydrogen-bond acceptors (Lipinski definition) is 4. The van der Waals surface area contributed by atoms with Crippen LogP contribution in [0.5, 0.6) is 5.75 Å². The minimum absolute atomic E-state index is 0.0146. The van der Waals surface area contributed by atoms with Crippen molar-refractivity contribution in [1.82, 2.24) is 0 Å². The van der Waals surface area contributed by atoms with Crippen molar-refractivity contribution in [2.75, 3.05) is 13.2 Å². The Hall–Kier alpha value is -1.55. The van der Waals surface area contributed by atoms with Crippen LogP contribution >= 0.6 is 0 Å². The molecule has 0 heterocycles. The Bertz CT molecular complexity index is 442. The van der Waals surface area contributed by atoms with Gasteiger partial charge in [0.2, 0.25) is 0 Å². The molecule has 1 N–H and O–H groups in total. The summed E-state index contributed by atoms with van der Waals surface area (Å²) in [7, 11) is 0. The van der Waals surface area contributed by atoms with Crippen LogP contribution in [-0.2, 0) is 9.53 Å². The molecule has 0 saturated carbocycles. The van der Waals surface area contributed by atoms with E-state index in [-0.39, 0.29) is 11.9 Å². The fourth-order valence-electron chi connectivity index (χ4n) is 2.22. The maximum absolute atomic E-state index is 12.0. The molecule has 0 aliphatic heterocycles. The van der Waals surface area contributed by atoms with Gasteiger partial charge in [-0.25, -0.2) is 0 Å². The lowest BCUT2D eigenvalue weighted by molar-refractivity contribution is -0.154. The van der Waals surface area contributed by atoms with E-state index >= 15 is 0 Å². The fraction of sp³-hybridized carbons (Fsp3) is 0.588. The second-order valence-corrected chi connectivity index (χ2v) is 5.39. The fourth-order valence-corrected chi connectivity index (χ4v) is 2.22. The molecule has 0 saturated heterocycles. The molecule has 4 nitrogen and oxygen atoms in total. The maximum Gasteiger partial charge on any atom is 0.312 e. The van der Waals surface area contributed by atoms with Crippen molar-refractivity contribution in [1.29, 1.82) is 0 Å². The van der Waals surface area contributed by atoms with Crippen molar-refractivity contribution < 1.29 is 19.4 Å². The molecule has 1 aromatic carbocycles. The van der Waals surface area contributed by atoms with Crippen molar-refractivity contribution in [3.63, 3.8) is 0 Å². The van der Waals surface area contributed by atoms with Gasteiger partial charge in [-0.15, -0.1) is 0 Å². The molecule has 0 aromatic heterocycles. The Morgan fingerprint density at radius 2 is 2.00 bits per heavy atom. The average Bonchev–Trinajstić information content (AvgIpc) is 2.45. The number of esters is 1. The van der Waals surface area contributed by atoms with Gasteiger partial charge in [0.1, 0.15) is 5.75 Å².